The number of alkyl halides is 3. The Kier molecular flexibility index (Phi) is 6.70. The first-order chi connectivity index (χ1) is 23.2. The Labute approximate surface area is 283 Å². The van der Waals surface area contributed by atoms with Crippen molar-refractivity contribution in [3.8, 4) is 17.1 Å². The summed E-state index contributed by atoms with van der Waals surface area (Å²) in [6, 6.07) is 35.8. The molecule has 0 atom stereocenters. The highest BCUT2D eigenvalue weighted by Gasteiger charge is 2.32. The van der Waals surface area contributed by atoms with Crippen LogP contribution < -0.4 is 0 Å². The Hall–Kier alpha value is -5.30. The fourth-order valence-electron chi connectivity index (χ4n) is 7.01. The van der Waals surface area contributed by atoms with Crippen LogP contribution in [0.15, 0.2) is 116 Å². The Bertz CT molecular complexity index is 2410. The number of aromatic nitrogens is 4. The van der Waals surface area contributed by atoms with Crippen LogP contribution in [0, 0.1) is 0 Å². The van der Waals surface area contributed by atoms with Crippen LogP contribution in [0.5, 0.6) is 0 Å². The fourth-order valence-corrected chi connectivity index (χ4v) is 7.01. The summed E-state index contributed by atoms with van der Waals surface area (Å²) in [5.41, 5.74) is 7.70. The second kappa shape index (κ2) is 10.6. The number of nitrogens with zero attached hydrogens (tertiary/aromatic N) is 4. The predicted molar refractivity (Wildman–Crippen MR) is 195 cm³/mol. The first kappa shape index (κ1) is 31.0. The van der Waals surface area contributed by atoms with E-state index in [0.29, 0.717) is 5.69 Å². The fraction of sp³-hybridized carbons (Fsp3) is 0.214. The number of halogens is 3. The number of hydrogen-bond acceptors (Lipinski definition) is 1. The minimum absolute atomic E-state index is 0.0841. The number of hydrogen-bond donors (Lipinski definition) is 0. The summed E-state index contributed by atoms with van der Waals surface area (Å²) in [7, 11) is 0. The second-order valence-electron chi connectivity index (χ2n) is 15.0. The molecule has 0 fully saturated rings. The van der Waals surface area contributed by atoms with Gasteiger partial charge < -0.3 is 9.13 Å². The van der Waals surface area contributed by atoms with Crippen molar-refractivity contribution in [3.05, 3.63) is 132 Å². The molecule has 0 unspecified atom stereocenters. The Morgan fingerprint density at radius 3 is 1.33 bits per heavy atom. The summed E-state index contributed by atoms with van der Waals surface area (Å²) in [5, 5.41) is 8.65. The van der Waals surface area contributed by atoms with E-state index in [1.54, 1.807) is 0 Å². The van der Waals surface area contributed by atoms with Gasteiger partial charge in [0.25, 0.3) is 0 Å². The lowest BCUT2D eigenvalue weighted by molar-refractivity contribution is -0.137. The Morgan fingerprint density at radius 1 is 0.469 bits per heavy atom. The maximum atomic E-state index is 13.8. The SMILES string of the molecule is CC(C)(C)c1ccc2c3ccccc3n(-c3cc(-n4cc(C(F)(F)F)cn4)cc(-n4c5ccccc5c5ccc(C(C)(C)C)cc54)c3)c2c1. The topological polar surface area (TPSA) is 27.7 Å². The van der Waals surface area contributed by atoms with Crippen LogP contribution in [0.25, 0.3) is 60.7 Å². The quantitative estimate of drug-likeness (QED) is 0.186. The smallest absolute Gasteiger partial charge is 0.309 e. The molecule has 0 amide bonds. The van der Waals surface area contributed by atoms with Gasteiger partial charge in [-0.25, -0.2) is 4.68 Å². The van der Waals surface area contributed by atoms with Crippen LogP contribution in [0.4, 0.5) is 13.2 Å². The van der Waals surface area contributed by atoms with Crippen LogP contribution in [0.3, 0.4) is 0 Å². The molecule has 0 aliphatic heterocycles. The molecule has 49 heavy (non-hydrogen) atoms. The molecular weight excluding hydrogens is 617 g/mol. The minimum atomic E-state index is -4.51. The summed E-state index contributed by atoms with van der Waals surface area (Å²) in [6.45, 7) is 13.2. The molecule has 7 heteroatoms. The van der Waals surface area contributed by atoms with Gasteiger partial charge in [-0.1, -0.05) is 102 Å². The third-order valence-electron chi connectivity index (χ3n) is 9.66. The minimum Gasteiger partial charge on any atom is -0.309 e. The zero-order valence-electron chi connectivity index (χ0n) is 28.4. The van der Waals surface area contributed by atoms with Crippen LogP contribution in [-0.4, -0.2) is 18.9 Å². The van der Waals surface area contributed by atoms with Gasteiger partial charge in [-0.15, -0.1) is 0 Å². The first-order valence-electron chi connectivity index (χ1n) is 16.5. The van der Waals surface area contributed by atoms with Gasteiger partial charge in [0, 0.05) is 27.7 Å². The van der Waals surface area contributed by atoms with E-state index >= 15 is 0 Å². The van der Waals surface area contributed by atoms with Gasteiger partial charge in [-0.05, 0) is 64.4 Å². The molecule has 0 saturated carbocycles. The van der Waals surface area contributed by atoms with Crippen molar-refractivity contribution in [2.75, 3.05) is 0 Å². The molecule has 246 valence electrons. The lowest BCUT2D eigenvalue weighted by Crippen LogP contribution is -2.11. The van der Waals surface area contributed by atoms with Crippen molar-refractivity contribution in [2.45, 2.75) is 58.5 Å². The van der Waals surface area contributed by atoms with E-state index < -0.39 is 11.7 Å². The highest BCUT2D eigenvalue weighted by molar-refractivity contribution is 6.11. The zero-order valence-corrected chi connectivity index (χ0v) is 28.4. The molecule has 0 aliphatic carbocycles. The summed E-state index contributed by atoms with van der Waals surface area (Å²) in [4.78, 5) is 0. The highest BCUT2D eigenvalue weighted by Crippen LogP contribution is 2.39. The van der Waals surface area contributed by atoms with Crippen molar-refractivity contribution >= 4 is 43.6 Å². The second-order valence-corrected chi connectivity index (χ2v) is 15.0. The van der Waals surface area contributed by atoms with Gasteiger partial charge in [0.2, 0.25) is 0 Å². The molecular formula is C42H37F3N4. The Balaban J connectivity index is 1.49. The first-order valence-corrected chi connectivity index (χ1v) is 16.5. The standard InChI is InChI=1S/C42H37F3N4/c1-40(2,3)26-15-17-34-32-11-7-9-13-36(32)48(38(34)19-26)30-21-29(47-25-28(24-46-47)42(43,44)45)22-31(23-30)49-37-14-10-8-12-33(37)35-18-16-27(20-39(35)49)41(4,5)6/h7-25H,1-6H3. The maximum Gasteiger partial charge on any atom is 0.419 e. The molecule has 8 rings (SSSR count). The van der Waals surface area contributed by atoms with E-state index in [-0.39, 0.29) is 10.8 Å². The van der Waals surface area contributed by atoms with Gasteiger partial charge in [0.05, 0.1) is 50.9 Å². The molecule has 4 nitrogen and oxygen atoms in total. The third-order valence-corrected chi connectivity index (χ3v) is 9.66. The number of para-hydroxylation sites is 2. The number of benzene rings is 5. The molecule has 0 radical (unpaired) electrons. The molecule has 5 aromatic carbocycles. The molecule has 0 saturated heterocycles. The van der Waals surface area contributed by atoms with Crippen molar-refractivity contribution in [1.29, 1.82) is 0 Å². The monoisotopic (exact) mass is 654 g/mol. The van der Waals surface area contributed by atoms with Gasteiger partial charge >= 0.3 is 6.18 Å². The zero-order chi connectivity index (χ0) is 34.5. The van der Waals surface area contributed by atoms with Crippen molar-refractivity contribution in [1.82, 2.24) is 18.9 Å². The lowest BCUT2D eigenvalue weighted by atomic mass is 9.86. The van der Waals surface area contributed by atoms with E-state index in [4.69, 9.17) is 0 Å². The predicted octanol–water partition coefficient (Wildman–Crippen LogP) is 11.7. The lowest BCUT2D eigenvalue weighted by Gasteiger charge is -2.20. The van der Waals surface area contributed by atoms with E-state index in [1.807, 2.05) is 36.4 Å². The van der Waals surface area contributed by atoms with Crippen LogP contribution >= 0.6 is 0 Å². The normalized spacial score (nSPS) is 13.0. The third kappa shape index (κ3) is 5.11. The molecule has 0 N–H and O–H groups in total. The average Bonchev–Trinajstić information content (AvgIpc) is 3.76. The van der Waals surface area contributed by atoms with Crippen LogP contribution in [0.1, 0.15) is 58.2 Å². The molecule has 3 aromatic heterocycles. The molecule has 3 heterocycles. The molecule has 0 spiro atoms. The number of fused-ring (bicyclic) bond motifs is 6. The maximum absolute atomic E-state index is 13.8. The van der Waals surface area contributed by atoms with Gasteiger partial charge in [0.1, 0.15) is 0 Å². The largest absolute Gasteiger partial charge is 0.419 e. The van der Waals surface area contributed by atoms with E-state index in [0.717, 1.165) is 67.4 Å². The molecule has 8 aromatic rings. The molecule has 0 aliphatic rings. The van der Waals surface area contributed by atoms with Crippen LogP contribution in [0.2, 0.25) is 0 Å². The van der Waals surface area contributed by atoms with Crippen molar-refractivity contribution in [2.24, 2.45) is 0 Å². The van der Waals surface area contributed by atoms with E-state index in [1.165, 1.54) is 15.8 Å². The van der Waals surface area contributed by atoms with Gasteiger partial charge in [-0.3, -0.25) is 0 Å². The summed E-state index contributed by atoms with van der Waals surface area (Å²) < 4.78 is 47.3. The summed E-state index contributed by atoms with van der Waals surface area (Å²) in [6.07, 6.45) is -2.56. The summed E-state index contributed by atoms with van der Waals surface area (Å²) >= 11 is 0. The van der Waals surface area contributed by atoms with Gasteiger partial charge in [0.15, 0.2) is 0 Å². The van der Waals surface area contributed by atoms with Crippen molar-refractivity contribution < 1.29 is 13.2 Å². The summed E-state index contributed by atoms with van der Waals surface area (Å²) in [5.74, 6) is 0. The van der Waals surface area contributed by atoms with E-state index in [9.17, 15) is 13.2 Å². The Morgan fingerprint density at radius 2 is 0.898 bits per heavy atom. The molecule has 0 bridgehead atoms. The van der Waals surface area contributed by atoms with Crippen LogP contribution in [-0.2, 0) is 17.0 Å². The highest BCUT2D eigenvalue weighted by atomic mass is 19.4. The van der Waals surface area contributed by atoms with Gasteiger partial charge in [-0.2, -0.15) is 18.3 Å². The average molecular weight is 655 g/mol. The van der Waals surface area contributed by atoms with E-state index in [2.05, 4.69) is 123 Å². The number of rotatable bonds is 3. The van der Waals surface area contributed by atoms with Crippen molar-refractivity contribution in [3.63, 3.8) is 0 Å².